The van der Waals surface area contributed by atoms with Crippen LogP contribution in [0, 0.1) is 20.8 Å². The van der Waals surface area contributed by atoms with Crippen LogP contribution in [0.1, 0.15) is 27.0 Å². The Morgan fingerprint density at radius 3 is 2.52 bits per heavy atom. The predicted octanol–water partition coefficient (Wildman–Crippen LogP) is 3.02. The molecular formula is C16H15N3O2. The summed E-state index contributed by atoms with van der Waals surface area (Å²) in [5, 5.41) is 17.9. The lowest BCUT2D eigenvalue weighted by Gasteiger charge is -2.11. The monoisotopic (exact) mass is 281 g/mol. The van der Waals surface area contributed by atoms with E-state index in [1.807, 2.05) is 48.7 Å². The molecular weight excluding hydrogens is 266 g/mol. The normalized spacial score (nSPS) is 11.0. The van der Waals surface area contributed by atoms with Crippen LogP contribution < -0.4 is 0 Å². The molecule has 0 atom stereocenters. The molecule has 0 bridgehead atoms. The van der Waals surface area contributed by atoms with E-state index in [-0.39, 0.29) is 5.56 Å². The van der Waals surface area contributed by atoms with Crippen molar-refractivity contribution in [1.82, 2.24) is 14.6 Å². The zero-order valence-electron chi connectivity index (χ0n) is 12.1. The molecule has 5 nitrogen and oxygen atoms in total. The molecule has 0 spiro atoms. The summed E-state index contributed by atoms with van der Waals surface area (Å²) in [4.78, 5) is 11.6. The fourth-order valence-corrected chi connectivity index (χ4v) is 2.54. The van der Waals surface area contributed by atoms with Crippen LogP contribution in [0.3, 0.4) is 0 Å². The van der Waals surface area contributed by atoms with Gasteiger partial charge in [0.05, 0.1) is 5.56 Å². The lowest BCUT2D eigenvalue weighted by Crippen LogP contribution is -2.06. The molecule has 0 radical (unpaired) electrons. The second kappa shape index (κ2) is 4.70. The van der Waals surface area contributed by atoms with Crippen molar-refractivity contribution in [3.8, 4) is 11.4 Å². The molecule has 0 aliphatic carbocycles. The summed E-state index contributed by atoms with van der Waals surface area (Å²) in [5.74, 6) is -0.390. The van der Waals surface area contributed by atoms with Crippen LogP contribution in [-0.4, -0.2) is 25.7 Å². The quantitative estimate of drug-likeness (QED) is 0.784. The molecule has 0 fully saturated rings. The van der Waals surface area contributed by atoms with Crippen molar-refractivity contribution in [2.24, 2.45) is 0 Å². The van der Waals surface area contributed by atoms with Crippen LogP contribution in [0.5, 0.6) is 0 Å². The van der Waals surface area contributed by atoms with Gasteiger partial charge < -0.3 is 5.11 Å². The van der Waals surface area contributed by atoms with Crippen molar-refractivity contribution < 1.29 is 9.90 Å². The fourth-order valence-electron chi connectivity index (χ4n) is 2.54. The maximum absolute atomic E-state index is 11.6. The number of nitrogens with zero attached hydrogens (tertiary/aromatic N) is 3. The first-order valence-electron chi connectivity index (χ1n) is 6.64. The first-order chi connectivity index (χ1) is 9.99. The van der Waals surface area contributed by atoms with Gasteiger partial charge in [0.1, 0.15) is 0 Å². The third-order valence-corrected chi connectivity index (χ3v) is 3.62. The fraction of sp³-hybridized carbons (Fsp3) is 0.188. The number of hydrogen-bond acceptors (Lipinski definition) is 3. The van der Waals surface area contributed by atoms with Crippen LogP contribution in [0.2, 0.25) is 0 Å². The van der Waals surface area contributed by atoms with Gasteiger partial charge in [-0.2, -0.15) is 0 Å². The Hall–Kier alpha value is -2.69. The number of rotatable bonds is 2. The molecule has 5 heteroatoms. The standard InChI is InChI=1S/C16H15N3O2/c1-9-6-7-19-12(8-9)17-18-15(19)13-10(2)4-5-11(3)14(13)16(20)21/h4-8H,1-3H3,(H,20,21). The van der Waals surface area contributed by atoms with Crippen LogP contribution in [0.25, 0.3) is 17.0 Å². The largest absolute Gasteiger partial charge is 0.478 e. The van der Waals surface area contributed by atoms with E-state index in [0.717, 1.165) is 11.1 Å². The Balaban J connectivity index is 2.38. The molecule has 21 heavy (non-hydrogen) atoms. The molecule has 3 aromatic rings. The average Bonchev–Trinajstić information content (AvgIpc) is 2.83. The third kappa shape index (κ3) is 2.07. The molecule has 0 saturated carbocycles. The summed E-state index contributed by atoms with van der Waals surface area (Å²) in [6.07, 6.45) is 1.87. The zero-order valence-corrected chi connectivity index (χ0v) is 12.1. The number of carboxylic acids is 1. The first kappa shape index (κ1) is 13.3. The maximum Gasteiger partial charge on any atom is 0.336 e. The molecule has 0 saturated heterocycles. The van der Waals surface area contributed by atoms with E-state index in [9.17, 15) is 9.90 Å². The zero-order chi connectivity index (χ0) is 15.1. The van der Waals surface area contributed by atoms with E-state index in [1.54, 1.807) is 6.92 Å². The van der Waals surface area contributed by atoms with Gasteiger partial charge in [-0.3, -0.25) is 4.40 Å². The lowest BCUT2D eigenvalue weighted by atomic mass is 9.96. The number of aryl methyl sites for hydroxylation is 3. The Morgan fingerprint density at radius 2 is 1.81 bits per heavy atom. The van der Waals surface area contributed by atoms with E-state index in [1.165, 1.54) is 0 Å². The first-order valence-corrected chi connectivity index (χ1v) is 6.64. The van der Waals surface area contributed by atoms with Crippen LogP contribution in [0.4, 0.5) is 0 Å². The Kier molecular flexibility index (Phi) is 2.97. The van der Waals surface area contributed by atoms with Gasteiger partial charge in [0.25, 0.3) is 0 Å². The van der Waals surface area contributed by atoms with E-state index in [4.69, 9.17) is 0 Å². The van der Waals surface area contributed by atoms with Crippen molar-refractivity contribution in [1.29, 1.82) is 0 Å². The van der Waals surface area contributed by atoms with Crippen molar-refractivity contribution in [2.75, 3.05) is 0 Å². The highest BCUT2D eigenvalue weighted by Gasteiger charge is 2.21. The smallest absolute Gasteiger partial charge is 0.336 e. The molecule has 1 N–H and O–H groups in total. The summed E-state index contributed by atoms with van der Waals surface area (Å²) in [6, 6.07) is 7.59. The number of hydrogen-bond donors (Lipinski definition) is 1. The molecule has 2 heterocycles. The second-order valence-corrected chi connectivity index (χ2v) is 5.21. The van der Waals surface area contributed by atoms with E-state index in [2.05, 4.69) is 10.2 Å². The Labute approximate surface area is 121 Å². The van der Waals surface area contributed by atoms with Crippen molar-refractivity contribution >= 4 is 11.6 Å². The van der Waals surface area contributed by atoms with Gasteiger partial charge in [-0.1, -0.05) is 12.1 Å². The van der Waals surface area contributed by atoms with Gasteiger partial charge in [-0.15, -0.1) is 10.2 Å². The van der Waals surface area contributed by atoms with Crippen molar-refractivity contribution in [3.63, 3.8) is 0 Å². The van der Waals surface area contributed by atoms with Crippen molar-refractivity contribution in [2.45, 2.75) is 20.8 Å². The summed E-state index contributed by atoms with van der Waals surface area (Å²) >= 11 is 0. The number of fused-ring (bicyclic) bond motifs is 1. The third-order valence-electron chi connectivity index (χ3n) is 3.62. The second-order valence-electron chi connectivity index (χ2n) is 5.21. The minimum atomic E-state index is -0.949. The SMILES string of the molecule is Cc1ccn2c(-c3c(C)ccc(C)c3C(=O)O)nnc2c1. The summed E-state index contributed by atoms with van der Waals surface area (Å²) in [6.45, 7) is 5.66. The maximum atomic E-state index is 11.6. The summed E-state index contributed by atoms with van der Waals surface area (Å²) in [5.41, 5.74) is 4.28. The highest BCUT2D eigenvalue weighted by molar-refractivity contribution is 5.97. The number of carboxylic acid groups (broad SMARTS) is 1. The molecule has 3 rings (SSSR count). The summed E-state index contributed by atoms with van der Waals surface area (Å²) < 4.78 is 1.82. The summed E-state index contributed by atoms with van der Waals surface area (Å²) in [7, 11) is 0. The van der Waals surface area contributed by atoms with E-state index in [0.29, 0.717) is 22.6 Å². The molecule has 0 unspecified atom stereocenters. The average molecular weight is 281 g/mol. The van der Waals surface area contributed by atoms with Crippen LogP contribution in [-0.2, 0) is 0 Å². The topological polar surface area (TPSA) is 67.5 Å². The number of carbonyl (C=O) groups is 1. The van der Waals surface area contributed by atoms with Crippen molar-refractivity contribution in [3.05, 3.63) is 52.7 Å². The van der Waals surface area contributed by atoms with Crippen LogP contribution >= 0.6 is 0 Å². The minimum absolute atomic E-state index is 0.282. The van der Waals surface area contributed by atoms with Crippen LogP contribution in [0.15, 0.2) is 30.5 Å². The number of benzene rings is 1. The van der Waals surface area contributed by atoms with Gasteiger partial charge in [-0.05, 0) is 49.6 Å². The molecule has 106 valence electrons. The Bertz CT molecular complexity index is 865. The number of aromatic nitrogens is 3. The highest BCUT2D eigenvalue weighted by Crippen LogP contribution is 2.29. The van der Waals surface area contributed by atoms with Gasteiger partial charge in [-0.25, -0.2) is 4.79 Å². The highest BCUT2D eigenvalue weighted by atomic mass is 16.4. The number of aromatic carboxylic acids is 1. The van der Waals surface area contributed by atoms with Gasteiger partial charge >= 0.3 is 5.97 Å². The molecule has 2 aromatic heterocycles. The molecule has 0 aliphatic rings. The molecule has 0 amide bonds. The van der Waals surface area contributed by atoms with Gasteiger partial charge in [0.15, 0.2) is 11.5 Å². The van der Waals surface area contributed by atoms with E-state index < -0.39 is 5.97 Å². The number of pyridine rings is 1. The van der Waals surface area contributed by atoms with Gasteiger partial charge in [0, 0.05) is 11.8 Å². The predicted molar refractivity (Wildman–Crippen MR) is 79.6 cm³/mol. The lowest BCUT2D eigenvalue weighted by molar-refractivity contribution is 0.0697. The molecule has 1 aromatic carbocycles. The molecule has 0 aliphatic heterocycles. The van der Waals surface area contributed by atoms with E-state index >= 15 is 0 Å². The minimum Gasteiger partial charge on any atom is -0.478 e. The Morgan fingerprint density at radius 1 is 1.10 bits per heavy atom. The van der Waals surface area contributed by atoms with Gasteiger partial charge in [0.2, 0.25) is 0 Å².